The molecule has 8 heteroatoms. The average molecular weight is 485 g/mol. The summed E-state index contributed by atoms with van der Waals surface area (Å²) in [5.74, 6) is 1.88. The molecule has 3 heterocycles. The smallest absolute Gasteiger partial charge is 0.160 e. The zero-order valence-corrected chi connectivity index (χ0v) is 20.2. The van der Waals surface area contributed by atoms with Crippen LogP contribution >= 0.6 is 11.6 Å². The molecule has 0 bridgehead atoms. The van der Waals surface area contributed by atoms with E-state index in [2.05, 4.69) is 22.1 Å². The maximum atomic E-state index is 12.8. The molecule has 0 saturated heterocycles. The number of aliphatic hydroxyl groups excluding tert-OH is 1. The van der Waals surface area contributed by atoms with E-state index < -0.39 is 10.8 Å². The van der Waals surface area contributed by atoms with E-state index in [1.165, 1.54) is 5.56 Å². The van der Waals surface area contributed by atoms with E-state index in [1.807, 2.05) is 18.3 Å². The fraction of sp³-hybridized carbons (Fsp3) is 0.520. The van der Waals surface area contributed by atoms with Crippen LogP contribution in [0.5, 0.6) is 0 Å². The first kappa shape index (κ1) is 21.6. The molecule has 3 aromatic rings. The van der Waals surface area contributed by atoms with Crippen molar-refractivity contribution < 1.29 is 9.32 Å². The largest absolute Gasteiger partial charge is 0.394 e. The van der Waals surface area contributed by atoms with Gasteiger partial charge in [-0.25, -0.2) is 9.67 Å². The molecule has 2 saturated carbocycles. The predicted molar refractivity (Wildman–Crippen MR) is 131 cm³/mol. The lowest BCUT2D eigenvalue weighted by atomic mass is 9.77. The maximum absolute atomic E-state index is 12.8. The number of aromatic nitrogens is 3. The van der Waals surface area contributed by atoms with E-state index >= 15 is 0 Å². The van der Waals surface area contributed by atoms with E-state index in [9.17, 15) is 9.32 Å². The zero-order chi connectivity index (χ0) is 22.6. The van der Waals surface area contributed by atoms with E-state index in [1.54, 1.807) is 0 Å². The third-order valence-corrected chi connectivity index (χ3v) is 9.67. The molecule has 6 rings (SSSR count). The number of hydrogen-bond acceptors (Lipinski definition) is 5. The molecule has 0 unspecified atom stereocenters. The minimum absolute atomic E-state index is 0.0715. The number of anilines is 1. The van der Waals surface area contributed by atoms with Crippen molar-refractivity contribution in [2.45, 2.75) is 73.8 Å². The molecule has 2 fully saturated rings. The van der Waals surface area contributed by atoms with Crippen molar-refractivity contribution in [2.75, 3.05) is 17.7 Å². The molecule has 1 atom stereocenters. The highest BCUT2D eigenvalue weighted by Crippen LogP contribution is 2.42. The van der Waals surface area contributed by atoms with Gasteiger partial charge >= 0.3 is 0 Å². The number of hydrogen-bond donors (Lipinski definition) is 2. The first-order chi connectivity index (χ1) is 16.1. The summed E-state index contributed by atoms with van der Waals surface area (Å²) in [6.07, 6.45) is 9.96. The molecule has 3 aliphatic rings. The standard InChI is InChI=1S/C25H29ClN4O2S/c26-18-6-2-16(3-7-18)17-4-8-19(9-5-17)30-24-21(14-27-30)20-10-13-33(32)22(20)23(28-24)29-25(15-31)11-1-12-25/h2-3,6-7,14,17,19,31H,1,4-5,8-13,15H2,(H,28,29)/t17?,19?,33-/m0/s1. The maximum Gasteiger partial charge on any atom is 0.160 e. The van der Waals surface area contributed by atoms with Gasteiger partial charge in [-0.15, -0.1) is 0 Å². The second-order valence-electron chi connectivity index (χ2n) is 9.87. The van der Waals surface area contributed by atoms with Gasteiger partial charge in [0.25, 0.3) is 0 Å². The van der Waals surface area contributed by atoms with Gasteiger partial charge in [-0.1, -0.05) is 23.7 Å². The summed E-state index contributed by atoms with van der Waals surface area (Å²) in [6.45, 7) is 0.0715. The third-order valence-electron chi connectivity index (χ3n) is 7.95. The monoisotopic (exact) mass is 484 g/mol. The van der Waals surface area contributed by atoms with Crippen LogP contribution in [0.3, 0.4) is 0 Å². The number of halogens is 1. The Labute approximate surface area is 201 Å². The molecule has 6 nitrogen and oxygen atoms in total. The number of benzene rings is 1. The summed E-state index contributed by atoms with van der Waals surface area (Å²) in [7, 11) is -1.06. The normalized spacial score (nSPS) is 26.2. The lowest BCUT2D eigenvalue weighted by Crippen LogP contribution is -2.48. The Balaban J connectivity index is 1.31. The van der Waals surface area contributed by atoms with E-state index in [0.29, 0.717) is 23.5 Å². The van der Waals surface area contributed by atoms with Gasteiger partial charge in [0.2, 0.25) is 0 Å². The van der Waals surface area contributed by atoms with E-state index in [4.69, 9.17) is 21.7 Å². The average Bonchev–Trinajstić information content (AvgIpc) is 3.41. The fourth-order valence-corrected chi connectivity index (χ4v) is 7.33. The molecule has 1 aromatic carbocycles. The molecule has 0 spiro atoms. The van der Waals surface area contributed by atoms with Crippen LogP contribution in [-0.2, 0) is 17.2 Å². The summed E-state index contributed by atoms with van der Waals surface area (Å²) in [4.78, 5) is 5.83. The summed E-state index contributed by atoms with van der Waals surface area (Å²) in [5.41, 5.74) is 3.04. The lowest BCUT2D eigenvalue weighted by Gasteiger charge is -2.41. The Morgan fingerprint density at radius 2 is 1.94 bits per heavy atom. The number of aliphatic hydroxyl groups is 1. The summed E-state index contributed by atoms with van der Waals surface area (Å²) in [6, 6.07) is 8.57. The van der Waals surface area contributed by atoms with Crippen LogP contribution in [0.1, 0.15) is 68.0 Å². The van der Waals surface area contributed by atoms with Gasteiger partial charge in [-0.2, -0.15) is 5.10 Å². The van der Waals surface area contributed by atoms with Crippen molar-refractivity contribution in [3.8, 4) is 0 Å². The second kappa shape index (κ2) is 8.36. The molecule has 33 heavy (non-hydrogen) atoms. The number of fused-ring (bicyclic) bond motifs is 3. The number of nitrogens with one attached hydrogen (secondary N) is 1. The van der Waals surface area contributed by atoms with Crippen molar-refractivity contribution >= 4 is 39.3 Å². The highest BCUT2D eigenvalue weighted by molar-refractivity contribution is 7.85. The Morgan fingerprint density at radius 1 is 1.18 bits per heavy atom. The van der Waals surface area contributed by atoms with Crippen LogP contribution in [0.15, 0.2) is 35.4 Å². The van der Waals surface area contributed by atoms with Crippen LogP contribution < -0.4 is 5.32 Å². The Bertz CT molecular complexity index is 1210. The highest BCUT2D eigenvalue weighted by Gasteiger charge is 2.39. The Morgan fingerprint density at radius 3 is 2.61 bits per heavy atom. The molecular weight excluding hydrogens is 456 g/mol. The molecule has 2 N–H and O–H groups in total. The van der Waals surface area contributed by atoms with Gasteiger partial charge in [0.05, 0.1) is 40.1 Å². The van der Waals surface area contributed by atoms with Gasteiger partial charge in [-0.3, -0.25) is 4.21 Å². The van der Waals surface area contributed by atoms with E-state index in [0.717, 1.165) is 77.9 Å². The van der Waals surface area contributed by atoms with Gasteiger partial charge in [0, 0.05) is 16.2 Å². The summed E-state index contributed by atoms with van der Waals surface area (Å²) >= 11 is 6.06. The molecule has 2 aliphatic carbocycles. The van der Waals surface area contributed by atoms with Gasteiger partial charge in [0.1, 0.15) is 5.82 Å². The highest BCUT2D eigenvalue weighted by atomic mass is 35.5. The van der Waals surface area contributed by atoms with Crippen LogP contribution in [0, 0.1) is 0 Å². The van der Waals surface area contributed by atoms with Crippen LogP contribution in [0.2, 0.25) is 5.02 Å². The van der Waals surface area contributed by atoms with Crippen LogP contribution in [0.4, 0.5) is 5.82 Å². The van der Waals surface area contributed by atoms with Gasteiger partial charge in [-0.05, 0) is 80.5 Å². The molecule has 174 valence electrons. The lowest BCUT2D eigenvalue weighted by molar-refractivity contribution is 0.143. The minimum atomic E-state index is -1.06. The predicted octanol–water partition coefficient (Wildman–Crippen LogP) is 4.97. The van der Waals surface area contributed by atoms with Crippen molar-refractivity contribution in [3.63, 3.8) is 0 Å². The molecular formula is C25H29ClN4O2S. The fourth-order valence-electron chi connectivity index (χ4n) is 5.81. The number of pyridine rings is 1. The quantitative estimate of drug-likeness (QED) is 0.534. The third kappa shape index (κ3) is 3.69. The molecule has 1 aliphatic heterocycles. The summed E-state index contributed by atoms with van der Waals surface area (Å²) < 4.78 is 14.9. The molecule has 0 amide bonds. The van der Waals surface area contributed by atoms with Crippen molar-refractivity contribution in [2.24, 2.45) is 0 Å². The number of aryl methyl sites for hydroxylation is 1. The molecule has 2 aromatic heterocycles. The Hall–Kier alpha value is -1.96. The van der Waals surface area contributed by atoms with Crippen molar-refractivity contribution in [1.82, 2.24) is 14.8 Å². The van der Waals surface area contributed by atoms with E-state index in [-0.39, 0.29) is 12.1 Å². The first-order valence-corrected chi connectivity index (χ1v) is 13.7. The second-order valence-corrected chi connectivity index (χ2v) is 11.8. The van der Waals surface area contributed by atoms with Crippen molar-refractivity contribution in [1.29, 1.82) is 0 Å². The number of nitrogens with zero attached hydrogens (tertiary/aromatic N) is 3. The first-order valence-electron chi connectivity index (χ1n) is 12.0. The summed E-state index contributed by atoms with van der Waals surface area (Å²) in [5, 5.41) is 20.1. The number of rotatable bonds is 5. The Kier molecular flexibility index (Phi) is 5.46. The van der Waals surface area contributed by atoms with Crippen LogP contribution in [0.25, 0.3) is 11.0 Å². The van der Waals surface area contributed by atoms with Crippen molar-refractivity contribution in [3.05, 3.63) is 46.6 Å². The SMILES string of the molecule is O=[S@]1CCc2c1c(NC1(CO)CCC1)nc1c2cnn1C1CCC(c2ccc(Cl)cc2)CC1. The molecule has 0 radical (unpaired) electrons. The zero-order valence-electron chi connectivity index (χ0n) is 18.6. The topological polar surface area (TPSA) is 80.0 Å². The van der Waals surface area contributed by atoms with Gasteiger partial charge < -0.3 is 10.4 Å². The minimum Gasteiger partial charge on any atom is -0.394 e. The van der Waals surface area contributed by atoms with Crippen LogP contribution in [-0.4, -0.2) is 42.0 Å². The van der Waals surface area contributed by atoms with Gasteiger partial charge in [0.15, 0.2) is 5.65 Å².